The van der Waals surface area contributed by atoms with Gasteiger partial charge in [0.15, 0.2) is 0 Å². The van der Waals surface area contributed by atoms with E-state index in [1.165, 1.54) is 0 Å². The maximum atomic E-state index is 5.83. The highest BCUT2D eigenvalue weighted by atomic mass is 16.5. The van der Waals surface area contributed by atoms with Gasteiger partial charge in [0.25, 0.3) is 0 Å². The normalized spacial score (nSPS) is 11.8. The number of methoxy groups -OCH3 is 3. The highest BCUT2D eigenvalue weighted by molar-refractivity contribution is 5.47. The summed E-state index contributed by atoms with van der Waals surface area (Å²) >= 11 is 0. The molecular formula is C18H23NO3. The lowest BCUT2D eigenvalue weighted by atomic mass is 9.87. The molecule has 0 heterocycles. The number of ether oxygens (including phenoxy) is 3. The highest BCUT2D eigenvalue weighted by Gasteiger charge is 2.19. The molecule has 0 aliphatic rings. The Morgan fingerprint density at radius 3 is 2.27 bits per heavy atom. The van der Waals surface area contributed by atoms with Gasteiger partial charge in [-0.1, -0.05) is 12.1 Å². The molecular weight excluding hydrogens is 278 g/mol. The molecule has 0 aliphatic heterocycles. The van der Waals surface area contributed by atoms with E-state index in [1.807, 2.05) is 36.4 Å². The Kier molecular flexibility index (Phi) is 5.67. The van der Waals surface area contributed by atoms with Gasteiger partial charge < -0.3 is 19.9 Å². The van der Waals surface area contributed by atoms with Crippen molar-refractivity contribution in [1.82, 2.24) is 0 Å². The fourth-order valence-corrected chi connectivity index (χ4v) is 2.64. The molecule has 0 amide bonds. The van der Waals surface area contributed by atoms with Crippen LogP contribution in [0, 0.1) is 0 Å². The molecule has 2 aromatic carbocycles. The molecule has 0 aliphatic carbocycles. The third kappa shape index (κ3) is 3.52. The molecule has 2 rings (SSSR count). The van der Waals surface area contributed by atoms with Gasteiger partial charge in [0.2, 0.25) is 0 Å². The van der Waals surface area contributed by atoms with Crippen molar-refractivity contribution in [3.63, 3.8) is 0 Å². The Morgan fingerprint density at radius 2 is 1.64 bits per heavy atom. The van der Waals surface area contributed by atoms with E-state index in [0.717, 1.165) is 34.8 Å². The SMILES string of the molecule is COc1cccc(C(CCN)c2cc(OC)ccc2OC)c1. The minimum atomic E-state index is 0.130. The van der Waals surface area contributed by atoms with Crippen molar-refractivity contribution in [2.24, 2.45) is 5.73 Å². The van der Waals surface area contributed by atoms with Gasteiger partial charge in [0.05, 0.1) is 21.3 Å². The summed E-state index contributed by atoms with van der Waals surface area (Å²) in [5.41, 5.74) is 8.05. The lowest BCUT2D eigenvalue weighted by Crippen LogP contribution is -2.10. The van der Waals surface area contributed by atoms with Crippen LogP contribution in [-0.4, -0.2) is 27.9 Å². The van der Waals surface area contributed by atoms with Crippen LogP contribution >= 0.6 is 0 Å². The summed E-state index contributed by atoms with van der Waals surface area (Å²) in [6.07, 6.45) is 0.816. The summed E-state index contributed by atoms with van der Waals surface area (Å²) in [7, 11) is 5.01. The van der Waals surface area contributed by atoms with Crippen molar-refractivity contribution in [3.05, 3.63) is 53.6 Å². The summed E-state index contributed by atoms with van der Waals surface area (Å²) in [4.78, 5) is 0. The number of hydrogen-bond acceptors (Lipinski definition) is 4. The van der Waals surface area contributed by atoms with Crippen molar-refractivity contribution < 1.29 is 14.2 Å². The summed E-state index contributed by atoms with van der Waals surface area (Å²) in [6, 6.07) is 13.9. The quantitative estimate of drug-likeness (QED) is 0.853. The Hall–Kier alpha value is -2.20. The second-order valence-electron chi connectivity index (χ2n) is 5.01. The van der Waals surface area contributed by atoms with Gasteiger partial charge in [0, 0.05) is 11.5 Å². The third-order valence-corrected chi connectivity index (χ3v) is 3.76. The third-order valence-electron chi connectivity index (χ3n) is 3.76. The van der Waals surface area contributed by atoms with E-state index in [2.05, 4.69) is 6.07 Å². The first-order chi connectivity index (χ1) is 10.7. The van der Waals surface area contributed by atoms with Crippen molar-refractivity contribution in [3.8, 4) is 17.2 Å². The molecule has 1 unspecified atom stereocenters. The van der Waals surface area contributed by atoms with Gasteiger partial charge in [-0.3, -0.25) is 0 Å². The largest absolute Gasteiger partial charge is 0.497 e. The van der Waals surface area contributed by atoms with E-state index in [4.69, 9.17) is 19.9 Å². The predicted octanol–water partition coefficient (Wildman–Crippen LogP) is 3.19. The molecule has 1 atom stereocenters. The van der Waals surface area contributed by atoms with Gasteiger partial charge in [-0.2, -0.15) is 0 Å². The molecule has 22 heavy (non-hydrogen) atoms. The summed E-state index contributed by atoms with van der Waals surface area (Å²) in [5.74, 6) is 2.61. The minimum absolute atomic E-state index is 0.130. The predicted molar refractivity (Wildman–Crippen MR) is 88.1 cm³/mol. The molecule has 0 radical (unpaired) electrons. The number of nitrogens with two attached hydrogens (primary N) is 1. The van der Waals surface area contributed by atoms with Gasteiger partial charge >= 0.3 is 0 Å². The zero-order chi connectivity index (χ0) is 15.9. The van der Waals surface area contributed by atoms with Gasteiger partial charge in [-0.25, -0.2) is 0 Å². The zero-order valence-electron chi connectivity index (χ0n) is 13.3. The maximum Gasteiger partial charge on any atom is 0.122 e. The molecule has 0 saturated carbocycles. The second kappa shape index (κ2) is 7.71. The van der Waals surface area contributed by atoms with Crippen LogP contribution in [0.5, 0.6) is 17.2 Å². The first kappa shape index (κ1) is 16.2. The lowest BCUT2D eigenvalue weighted by Gasteiger charge is -2.21. The van der Waals surface area contributed by atoms with E-state index < -0.39 is 0 Å². The first-order valence-corrected chi connectivity index (χ1v) is 7.29. The molecule has 118 valence electrons. The van der Waals surface area contributed by atoms with Crippen LogP contribution in [0.2, 0.25) is 0 Å². The van der Waals surface area contributed by atoms with Crippen LogP contribution in [0.3, 0.4) is 0 Å². The molecule has 2 N–H and O–H groups in total. The lowest BCUT2D eigenvalue weighted by molar-refractivity contribution is 0.396. The van der Waals surface area contributed by atoms with E-state index in [1.54, 1.807) is 21.3 Å². The average molecular weight is 301 g/mol. The van der Waals surface area contributed by atoms with Crippen LogP contribution in [0.15, 0.2) is 42.5 Å². The van der Waals surface area contributed by atoms with Crippen LogP contribution in [0.1, 0.15) is 23.5 Å². The smallest absolute Gasteiger partial charge is 0.122 e. The van der Waals surface area contributed by atoms with Crippen LogP contribution in [0.4, 0.5) is 0 Å². The molecule has 0 spiro atoms. The van der Waals surface area contributed by atoms with Crippen molar-refractivity contribution in [2.45, 2.75) is 12.3 Å². The van der Waals surface area contributed by atoms with Crippen molar-refractivity contribution in [1.29, 1.82) is 0 Å². The molecule has 0 saturated heterocycles. The minimum Gasteiger partial charge on any atom is -0.497 e. The topological polar surface area (TPSA) is 53.7 Å². The molecule has 0 bridgehead atoms. The highest BCUT2D eigenvalue weighted by Crippen LogP contribution is 2.37. The zero-order valence-corrected chi connectivity index (χ0v) is 13.3. The number of rotatable bonds is 7. The van der Waals surface area contributed by atoms with E-state index in [0.29, 0.717) is 6.54 Å². The Morgan fingerprint density at radius 1 is 0.909 bits per heavy atom. The summed E-state index contributed by atoms with van der Waals surface area (Å²) in [6.45, 7) is 0.586. The van der Waals surface area contributed by atoms with E-state index >= 15 is 0 Å². The number of benzene rings is 2. The van der Waals surface area contributed by atoms with Gasteiger partial charge in [0.1, 0.15) is 17.2 Å². The maximum absolute atomic E-state index is 5.83. The standard InChI is InChI=1S/C18H23NO3/c1-20-14-6-4-5-13(11-14)16(9-10-19)17-12-15(21-2)7-8-18(17)22-3/h4-8,11-12,16H,9-10,19H2,1-3H3. The fraction of sp³-hybridized carbons (Fsp3) is 0.333. The Bertz CT molecular complexity index is 613. The van der Waals surface area contributed by atoms with Crippen molar-refractivity contribution in [2.75, 3.05) is 27.9 Å². The van der Waals surface area contributed by atoms with Crippen LogP contribution in [-0.2, 0) is 0 Å². The monoisotopic (exact) mass is 301 g/mol. The molecule has 4 nitrogen and oxygen atoms in total. The molecule has 2 aromatic rings. The van der Waals surface area contributed by atoms with E-state index in [9.17, 15) is 0 Å². The molecule has 0 aromatic heterocycles. The number of hydrogen-bond donors (Lipinski definition) is 1. The fourth-order valence-electron chi connectivity index (χ4n) is 2.64. The van der Waals surface area contributed by atoms with Gasteiger partial charge in [-0.15, -0.1) is 0 Å². The van der Waals surface area contributed by atoms with Gasteiger partial charge in [-0.05, 0) is 48.9 Å². The average Bonchev–Trinajstić information content (AvgIpc) is 2.59. The first-order valence-electron chi connectivity index (χ1n) is 7.29. The molecule has 0 fully saturated rings. The summed E-state index contributed by atoms with van der Waals surface area (Å²) < 4.78 is 16.2. The second-order valence-corrected chi connectivity index (χ2v) is 5.01. The van der Waals surface area contributed by atoms with Crippen LogP contribution < -0.4 is 19.9 Å². The Balaban J connectivity index is 2.50. The summed E-state index contributed by atoms with van der Waals surface area (Å²) in [5, 5.41) is 0. The van der Waals surface area contributed by atoms with E-state index in [-0.39, 0.29) is 5.92 Å². The van der Waals surface area contributed by atoms with Crippen molar-refractivity contribution >= 4 is 0 Å². The Labute approximate surface area is 131 Å². The molecule has 4 heteroatoms. The van der Waals surface area contributed by atoms with Crippen LogP contribution in [0.25, 0.3) is 0 Å².